The van der Waals surface area contributed by atoms with Gasteiger partial charge in [-0.05, 0) is 20.8 Å². The van der Waals surface area contributed by atoms with E-state index in [2.05, 4.69) is 5.32 Å². The fourth-order valence-electron chi connectivity index (χ4n) is 5.00. The van der Waals surface area contributed by atoms with E-state index in [9.17, 15) is 14.4 Å². The van der Waals surface area contributed by atoms with Crippen LogP contribution in [0, 0.1) is 17.8 Å². The molecule has 7 unspecified atom stereocenters. The van der Waals surface area contributed by atoms with Crippen LogP contribution in [0.1, 0.15) is 33.6 Å². The predicted octanol–water partition coefficient (Wildman–Crippen LogP) is -0.0443. The fraction of sp³-hybridized carbons (Fsp3) is 0.842. The highest BCUT2D eigenvalue weighted by atomic mass is 127. The van der Waals surface area contributed by atoms with Crippen LogP contribution in [0.3, 0.4) is 0 Å². The standard InChI is InChI=1S/C19H26INO7/c1-8(20)16(22)26-14-13-11(10-12(25-13)15(14)27-17(10)23)18(24)28-19(2,3)9-4-6-21-7-5-9/h8-15,21H,4-7H2,1-3H3/p+1. The lowest BCUT2D eigenvalue weighted by atomic mass is 9.78. The Bertz CT molecular complexity index is 675. The predicted molar refractivity (Wildman–Crippen MR) is 103 cm³/mol. The van der Waals surface area contributed by atoms with Gasteiger partial charge in [0.15, 0.2) is 12.2 Å². The van der Waals surface area contributed by atoms with Crippen LogP contribution in [0.25, 0.3) is 0 Å². The summed E-state index contributed by atoms with van der Waals surface area (Å²) in [4.78, 5) is 37.6. The largest absolute Gasteiger partial charge is 0.459 e. The summed E-state index contributed by atoms with van der Waals surface area (Å²) in [5.74, 6) is -2.54. The van der Waals surface area contributed by atoms with E-state index in [0.29, 0.717) is 0 Å². The minimum atomic E-state index is -0.798. The van der Waals surface area contributed by atoms with Gasteiger partial charge in [0.1, 0.15) is 33.6 Å². The molecule has 0 spiro atoms. The van der Waals surface area contributed by atoms with E-state index < -0.39 is 59.8 Å². The normalized spacial score (nSPS) is 38.2. The van der Waals surface area contributed by atoms with E-state index in [-0.39, 0.29) is 9.84 Å². The van der Waals surface area contributed by atoms with Crippen LogP contribution < -0.4 is 5.32 Å². The van der Waals surface area contributed by atoms with Gasteiger partial charge in [-0.25, -0.2) is 0 Å². The molecule has 8 nitrogen and oxygen atoms in total. The van der Waals surface area contributed by atoms with Crippen LogP contribution in [-0.2, 0) is 33.3 Å². The van der Waals surface area contributed by atoms with Gasteiger partial charge < -0.3 is 24.3 Å². The van der Waals surface area contributed by atoms with E-state index in [1.165, 1.54) is 0 Å². The van der Waals surface area contributed by atoms with Crippen molar-refractivity contribution in [1.29, 1.82) is 0 Å². The van der Waals surface area contributed by atoms with Crippen LogP contribution in [0.15, 0.2) is 0 Å². The Morgan fingerprint density at radius 3 is 2.54 bits per heavy atom. The smallest absolute Gasteiger partial charge is 0.319 e. The summed E-state index contributed by atoms with van der Waals surface area (Å²) >= 11 is 1.96. The molecule has 2 bridgehead atoms. The summed E-state index contributed by atoms with van der Waals surface area (Å²) in [7, 11) is 0. The van der Waals surface area contributed by atoms with Crippen molar-refractivity contribution in [3.8, 4) is 0 Å². The van der Waals surface area contributed by atoms with Gasteiger partial charge in [0.05, 0.1) is 13.1 Å². The van der Waals surface area contributed by atoms with Gasteiger partial charge in [-0.2, -0.15) is 0 Å². The van der Waals surface area contributed by atoms with E-state index in [4.69, 9.17) is 18.9 Å². The Hall–Kier alpha value is -0.940. The zero-order chi connectivity index (χ0) is 20.2. The third kappa shape index (κ3) is 3.32. The zero-order valence-electron chi connectivity index (χ0n) is 16.3. The fourth-order valence-corrected chi connectivity index (χ4v) is 5.15. The Labute approximate surface area is 177 Å². The monoisotopic (exact) mass is 508 g/mol. The number of fused-ring (bicyclic) bond motifs is 1. The summed E-state index contributed by atoms with van der Waals surface area (Å²) in [5.41, 5.74) is -0.627. The Morgan fingerprint density at radius 2 is 1.89 bits per heavy atom. The molecule has 0 aliphatic carbocycles. The van der Waals surface area contributed by atoms with Crippen LogP contribution in [0.5, 0.6) is 0 Å². The van der Waals surface area contributed by atoms with Crippen molar-refractivity contribution in [2.45, 2.75) is 67.6 Å². The maximum Gasteiger partial charge on any atom is 0.319 e. The second kappa shape index (κ2) is 7.39. The van der Waals surface area contributed by atoms with Crippen molar-refractivity contribution in [3.05, 3.63) is 0 Å². The molecule has 4 aliphatic rings. The molecular weight excluding hydrogens is 481 g/mol. The van der Waals surface area contributed by atoms with E-state index in [1.54, 1.807) is 6.92 Å². The molecule has 4 rings (SSSR count). The number of hydrogen-bond acceptors (Lipinski definition) is 7. The average Bonchev–Trinajstić information content (AvgIpc) is 3.25. The molecule has 0 radical (unpaired) electrons. The Morgan fingerprint density at radius 1 is 1.21 bits per heavy atom. The van der Waals surface area contributed by atoms with Gasteiger partial charge in [-0.15, -0.1) is 0 Å². The van der Waals surface area contributed by atoms with Gasteiger partial charge in [-0.1, -0.05) is 22.6 Å². The summed E-state index contributed by atoms with van der Waals surface area (Å²) in [6, 6.07) is 0. The number of carbonyl (C=O) groups excluding carboxylic acids is 3. The molecule has 9 heteroatoms. The Kier molecular flexibility index (Phi) is 5.37. The molecule has 4 heterocycles. The first-order valence-electron chi connectivity index (χ1n) is 9.95. The number of nitrogens with two attached hydrogens (primary N) is 1. The van der Waals surface area contributed by atoms with E-state index in [0.717, 1.165) is 25.9 Å². The van der Waals surface area contributed by atoms with Crippen LogP contribution in [0.4, 0.5) is 0 Å². The van der Waals surface area contributed by atoms with Gasteiger partial charge in [-0.3, -0.25) is 14.4 Å². The van der Waals surface area contributed by atoms with Crippen molar-refractivity contribution in [2.24, 2.45) is 17.8 Å². The van der Waals surface area contributed by atoms with E-state index >= 15 is 0 Å². The molecule has 2 N–H and O–H groups in total. The topological polar surface area (TPSA) is 105 Å². The molecule has 4 saturated heterocycles. The SMILES string of the molecule is CC(I)C(=O)OC1C2OC(=O)C3C2OC1C3C(=O)OC(C)(C)C1CC[NH2+]CC1. The van der Waals surface area contributed by atoms with E-state index in [1.807, 2.05) is 36.4 Å². The highest BCUT2D eigenvalue weighted by molar-refractivity contribution is 14.1. The number of carbonyl (C=O) groups is 3. The van der Waals surface area contributed by atoms with Gasteiger partial charge in [0, 0.05) is 18.8 Å². The molecule has 7 atom stereocenters. The first-order valence-corrected chi connectivity index (χ1v) is 11.2. The molecule has 0 aromatic heterocycles. The number of halogens is 1. The number of piperidine rings is 1. The number of rotatable bonds is 5. The van der Waals surface area contributed by atoms with Crippen molar-refractivity contribution in [3.63, 3.8) is 0 Å². The number of alkyl halides is 1. The molecule has 156 valence electrons. The van der Waals surface area contributed by atoms with Crippen molar-refractivity contribution in [1.82, 2.24) is 0 Å². The third-order valence-electron chi connectivity index (χ3n) is 6.54. The maximum atomic E-state index is 13.1. The average molecular weight is 508 g/mol. The number of ether oxygens (including phenoxy) is 4. The van der Waals surface area contributed by atoms with Crippen molar-refractivity contribution < 1.29 is 38.6 Å². The second-order valence-electron chi connectivity index (χ2n) is 8.70. The highest BCUT2D eigenvalue weighted by Gasteiger charge is 2.72. The lowest BCUT2D eigenvalue weighted by Gasteiger charge is -2.37. The maximum absolute atomic E-state index is 13.1. The summed E-state index contributed by atoms with van der Waals surface area (Å²) in [5, 5.41) is 2.26. The first-order chi connectivity index (χ1) is 13.2. The molecule has 0 aromatic carbocycles. The van der Waals surface area contributed by atoms with Gasteiger partial charge in [0.2, 0.25) is 0 Å². The summed E-state index contributed by atoms with van der Waals surface area (Å²) in [6.07, 6.45) is -0.683. The summed E-state index contributed by atoms with van der Waals surface area (Å²) in [6.45, 7) is 7.62. The molecule has 0 amide bonds. The molecule has 4 fully saturated rings. The minimum absolute atomic E-state index is 0.276. The van der Waals surface area contributed by atoms with Crippen molar-refractivity contribution in [2.75, 3.05) is 13.1 Å². The van der Waals surface area contributed by atoms with Gasteiger partial charge >= 0.3 is 17.9 Å². The number of hydrogen-bond donors (Lipinski definition) is 1. The minimum Gasteiger partial charge on any atom is -0.459 e. The van der Waals surface area contributed by atoms with Crippen LogP contribution in [-0.4, -0.2) is 64.9 Å². The molecule has 0 aromatic rings. The first kappa shape index (κ1) is 20.3. The Balaban J connectivity index is 1.51. The molecule has 28 heavy (non-hydrogen) atoms. The molecule has 0 saturated carbocycles. The summed E-state index contributed by atoms with van der Waals surface area (Å²) < 4.78 is 22.4. The van der Waals surface area contributed by atoms with Gasteiger partial charge in [0.25, 0.3) is 0 Å². The quantitative estimate of drug-likeness (QED) is 0.241. The van der Waals surface area contributed by atoms with Crippen molar-refractivity contribution >= 4 is 40.5 Å². The zero-order valence-corrected chi connectivity index (χ0v) is 18.4. The lowest BCUT2D eigenvalue weighted by Crippen LogP contribution is -2.86. The number of quaternary nitrogens is 1. The highest BCUT2D eigenvalue weighted by Crippen LogP contribution is 2.52. The van der Waals surface area contributed by atoms with Crippen LogP contribution in [0.2, 0.25) is 0 Å². The second-order valence-corrected chi connectivity index (χ2v) is 10.6. The lowest BCUT2D eigenvalue weighted by molar-refractivity contribution is -0.665. The third-order valence-corrected chi connectivity index (χ3v) is 7.05. The van der Waals surface area contributed by atoms with Crippen LogP contribution >= 0.6 is 22.6 Å². The number of esters is 3. The molecule has 4 aliphatic heterocycles. The molecular formula is C19H27INO7+.